The highest BCUT2D eigenvalue weighted by Gasteiger charge is 2.39. The number of nitrogens with zero attached hydrogens (tertiary/aromatic N) is 1. The van der Waals surface area contributed by atoms with E-state index >= 15 is 0 Å². The van der Waals surface area contributed by atoms with E-state index in [4.69, 9.17) is 0 Å². The average molecular weight is 261 g/mol. The van der Waals surface area contributed by atoms with Gasteiger partial charge in [-0.05, 0) is 29.5 Å². The Labute approximate surface area is 103 Å². The normalized spacial score (nSPS) is 12.6. The van der Waals surface area contributed by atoms with Gasteiger partial charge in [-0.25, -0.2) is 0 Å². The highest BCUT2D eigenvalue weighted by atomic mass is 19.4. The van der Waals surface area contributed by atoms with E-state index in [1.165, 1.54) is 0 Å². The Hall–Kier alpha value is -1.59. The average Bonchev–Trinajstić information content (AvgIpc) is 2.12. The fourth-order valence-corrected chi connectivity index (χ4v) is 1.88. The van der Waals surface area contributed by atoms with Crippen LogP contribution in [0.4, 0.5) is 18.9 Å². The van der Waals surface area contributed by atoms with Crippen molar-refractivity contribution in [3.63, 3.8) is 0 Å². The van der Waals surface area contributed by atoms with Gasteiger partial charge in [0.1, 0.15) is 5.56 Å². The molecule has 0 heterocycles. The van der Waals surface area contributed by atoms with E-state index < -0.39 is 27.8 Å². The van der Waals surface area contributed by atoms with Crippen molar-refractivity contribution in [2.45, 2.75) is 39.3 Å². The topological polar surface area (TPSA) is 43.1 Å². The van der Waals surface area contributed by atoms with Crippen LogP contribution >= 0.6 is 0 Å². The minimum absolute atomic E-state index is 0.459. The lowest BCUT2D eigenvalue weighted by Gasteiger charge is -2.23. The predicted octanol–water partition coefficient (Wildman–Crippen LogP) is 4.22. The van der Waals surface area contributed by atoms with Crippen molar-refractivity contribution < 1.29 is 18.1 Å². The number of halogens is 3. The lowest BCUT2D eigenvalue weighted by atomic mass is 9.82. The summed E-state index contributed by atoms with van der Waals surface area (Å²) in [5.41, 5.74) is -1.64. The van der Waals surface area contributed by atoms with E-state index in [9.17, 15) is 23.3 Å². The van der Waals surface area contributed by atoms with Gasteiger partial charge in [-0.1, -0.05) is 20.8 Å². The minimum Gasteiger partial charge on any atom is -0.258 e. The van der Waals surface area contributed by atoms with E-state index in [-0.39, 0.29) is 0 Å². The maximum absolute atomic E-state index is 12.8. The van der Waals surface area contributed by atoms with Gasteiger partial charge in [-0.2, -0.15) is 13.2 Å². The first-order chi connectivity index (χ1) is 7.94. The molecule has 0 aromatic heterocycles. The van der Waals surface area contributed by atoms with Gasteiger partial charge in [0, 0.05) is 6.07 Å². The fourth-order valence-electron chi connectivity index (χ4n) is 1.88. The van der Waals surface area contributed by atoms with Crippen molar-refractivity contribution in [3.05, 3.63) is 38.9 Å². The largest absolute Gasteiger partial charge is 0.423 e. The van der Waals surface area contributed by atoms with Gasteiger partial charge >= 0.3 is 6.18 Å². The van der Waals surface area contributed by atoms with Crippen LogP contribution in [-0.4, -0.2) is 4.92 Å². The Morgan fingerprint density at radius 1 is 1.11 bits per heavy atom. The summed E-state index contributed by atoms with van der Waals surface area (Å²) in [6.45, 7) is 6.87. The second-order valence-corrected chi connectivity index (χ2v) is 5.19. The fraction of sp³-hybridized carbons (Fsp3) is 0.500. The third-order valence-corrected chi connectivity index (χ3v) is 2.65. The molecule has 1 aromatic rings. The molecule has 18 heavy (non-hydrogen) atoms. The summed E-state index contributed by atoms with van der Waals surface area (Å²) in [4.78, 5) is 9.69. The summed E-state index contributed by atoms with van der Waals surface area (Å²) in [5.74, 6) is 0. The molecule has 0 aliphatic carbocycles. The van der Waals surface area contributed by atoms with Gasteiger partial charge < -0.3 is 0 Å². The van der Waals surface area contributed by atoms with Crippen LogP contribution in [0.15, 0.2) is 12.1 Å². The summed E-state index contributed by atoms with van der Waals surface area (Å²) in [5, 5.41) is 10.7. The molecule has 0 fully saturated rings. The van der Waals surface area contributed by atoms with E-state index in [0.29, 0.717) is 11.1 Å². The lowest BCUT2D eigenvalue weighted by Crippen LogP contribution is -2.17. The van der Waals surface area contributed by atoms with Crippen LogP contribution < -0.4 is 0 Å². The molecule has 3 nitrogen and oxygen atoms in total. The first-order valence-corrected chi connectivity index (χ1v) is 5.31. The van der Waals surface area contributed by atoms with Crippen LogP contribution in [0, 0.1) is 17.0 Å². The first-order valence-electron chi connectivity index (χ1n) is 5.31. The van der Waals surface area contributed by atoms with Crippen LogP contribution in [0.5, 0.6) is 0 Å². The summed E-state index contributed by atoms with van der Waals surface area (Å²) >= 11 is 0. The third kappa shape index (κ3) is 2.80. The molecule has 0 saturated carbocycles. The van der Waals surface area contributed by atoms with Gasteiger partial charge in [0.05, 0.1) is 4.92 Å². The molecular formula is C12H14F3NO2. The van der Waals surface area contributed by atoms with Gasteiger partial charge in [0.25, 0.3) is 5.69 Å². The van der Waals surface area contributed by atoms with Crippen molar-refractivity contribution in [2.75, 3.05) is 0 Å². The zero-order valence-electron chi connectivity index (χ0n) is 10.6. The molecule has 100 valence electrons. The molecule has 0 atom stereocenters. The molecule has 0 N–H and O–H groups in total. The molecule has 6 heteroatoms. The quantitative estimate of drug-likeness (QED) is 0.561. The van der Waals surface area contributed by atoms with Crippen LogP contribution in [0.1, 0.15) is 37.5 Å². The van der Waals surface area contributed by atoms with Crippen molar-refractivity contribution in [1.29, 1.82) is 0 Å². The van der Waals surface area contributed by atoms with Crippen molar-refractivity contribution in [3.8, 4) is 0 Å². The second-order valence-electron chi connectivity index (χ2n) is 5.19. The van der Waals surface area contributed by atoms with Gasteiger partial charge in [0.15, 0.2) is 0 Å². The van der Waals surface area contributed by atoms with Crippen LogP contribution in [0.25, 0.3) is 0 Å². The first kappa shape index (κ1) is 14.5. The Balaban J connectivity index is 3.62. The number of benzene rings is 1. The van der Waals surface area contributed by atoms with E-state index in [0.717, 1.165) is 12.1 Å². The number of rotatable bonds is 1. The third-order valence-electron chi connectivity index (χ3n) is 2.65. The zero-order valence-corrected chi connectivity index (χ0v) is 10.6. The van der Waals surface area contributed by atoms with E-state index in [1.807, 2.05) is 0 Å². The number of aryl methyl sites for hydroxylation is 1. The lowest BCUT2D eigenvalue weighted by molar-refractivity contribution is -0.388. The molecule has 0 bridgehead atoms. The molecular weight excluding hydrogens is 247 g/mol. The molecule has 0 amide bonds. The number of nitro benzene ring substituents is 1. The number of hydrogen-bond donors (Lipinski definition) is 0. The summed E-state index contributed by atoms with van der Waals surface area (Å²) in [6, 6.07) is 1.87. The molecule has 0 aliphatic heterocycles. The molecule has 0 saturated heterocycles. The van der Waals surface area contributed by atoms with E-state index in [1.54, 1.807) is 27.7 Å². The predicted molar refractivity (Wildman–Crippen MR) is 61.5 cm³/mol. The van der Waals surface area contributed by atoms with Crippen molar-refractivity contribution >= 4 is 5.69 Å². The standard InChI is InChI=1S/C12H14F3NO2/c1-7-5-10(16(17)18)9(12(13,14)15)6-8(7)11(2,3)4/h5-6H,1-4H3. The maximum atomic E-state index is 12.8. The smallest absolute Gasteiger partial charge is 0.258 e. The monoisotopic (exact) mass is 261 g/mol. The molecule has 1 aromatic carbocycles. The number of hydrogen-bond acceptors (Lipinski definition) is 2. The SMILES string of the molecule is Cc1cc([N+](=O)[O-])c(C(F)(F)F)cc1C(C)(C)C. The van der Waals surface area contributed by atoms with E-state index in [2.05, 4.69) is 0 Å². The highest BCUT2D eigenvalue weighted by Crippen LogP contribution is 2.40. The maximum Gasteiger partial charge on any atom is 0.423 e. The van der Waals surface area contributed by atoms with Gasteiger partial charge in [0.2, 0.25) is 0 Å². The van der Waals surface area contributed by atoms with Crippen LogP contribution in [0.3, 0.4) is 0 Å². The Kier molecular flexibility index (Phi) is 3.42. The molecule has 0 spiro atoms. The van der Waals surface area contributed by atoms with Gasteiger partial charge in [-0.15, -0.1) is 0 Å². The summed E-state index contributed by atoms with van der Waals surface area (Å²) < 4.78 is 38.4. The molecule has 0 aliphatic rings. The Morgan fingerprint density at radius 3 is 1.94 bits per heavy atom. The summed E-state index contributed by atoms with van der Waals surface area (Å²) in [7, 11) is 0. The van der Waals surface area contributed by atoms with Crippen molar-refractivity contribution in [1.82, 2.24) is 0 Å². The minimum atomic E-state index is -4.73. The molecule has 0 unspecified atom stereocenters. The Morgan fingerprint density at radius 2 is 1.61 bits per heavy atom. The van der Waals surface area contributed by atoms with Crippen molar-refractivity contribution in [2.24, 2.45) is 0 Å². The number of alkyl halides is 3. The Bertz CT molecular complexity index is 487. The van der Waals surface area contributed by atoms with Gasteiger partial charge in [-0.3, -0.25) is 10.1 Å². The molecule has 0 radical (unpaired) electrons. The van der Waals surface area contributed by atoms with Crippen LogP contribution in [-0.2, 0) is 11.6 Å². The number of nitro groups is 1. The zero-order chi connectivity index (χ0) is 14.3. The summed E-state index contributed by atoms with van der Waals surface area (Å²) in [6.07, 6.45) is -4.73. The van der Waals surface area contributed by atoms with Crippen LogP contribution in [0.2, 0.25) is 0 Å². The molecule has 1 rings (SSSR count). The second kappa shape index (κ2) is 4.26. The highest BCUT2D eigenvalue weighted by molar-refractivity contribution is 5.50.